The molecule has 1 aliphatic heterocycles. The van der Waals surface area contributed by atoms with Crippen LogP contribution in [0.2, 0.25) is 0 Å². The Bertz CT molecular complexity index is 244. The van der Waals surface area contributed by atoms with Crippen molar-refractivity contribution in [2.24, 2.45) is 5.73 Å². The van der Waals surface area contributed by atoms with E-state index >= 15 is 0 Å². The topological polar surface area (TPSA) is 29.3 Å². The van der Waals surface area contributed by atoms with Crippen LogP contribution in [0, 0.1) is 0 Å². The van der Waals surface area contributed by atoms with E-state index in [1.165, 1.54) is 37.1 Å². The molecule has 15 heavy (non-hydrogen) atoms. The fraction of sp³-hybridized carbons (Fsp3) is 0.833. The van der Waals surface area contributed by atoms with Gasteiger partial charge in [-0.3, -0.25) is 4.90 Å². The summed E-state index contributed by atoms with van der Waals surface area (Å²) in [5, 5.41) is 0. The first-order valence-corrected chi connectivity index (χ1v) is 7.14. The lowest BCUT2D eigenvalue weighted by molar-refractivity contribution is 0.211. The normalized spacial score (nSPS) is 25.1. The molecule has 2 nitrogen and oxygen atoms in total. The number of hydrogen-bond donors (Lipinski definition) is 1. The minimum atomic E-state index is 0.852. The van der Waals surface area contributed by atoms with Gasteiger partial charge in [-0.15, -0.1) is 11.8 Å². The van der Waals surface area contributed by atoms with Gasteiger partial charge in [0.1, 0.15) is 0 Å². The molecule has 1 aliphatic carbocycles. The fourth-order valence-corrected chi connectivity index (χ4v) is 3.56. The molecule has 2 aliphatic rings. The summed E-state index contributed by atoms with van der Waals surface area (Å²) in [6, 6.07) is 0.852. The smallest absolute Gasteiger partial charge is 0.0313 e. The van der Waals surface area contributed by atoms with Crippen molar-refractivity contribution < 1.29 is 0 Å². The SMILES string of the molecule is CCSC1=C(N)CCN(C2CCCC2)C1. The molecule has 1 saturated carbocycles. The van der Waals surface area contributed by atoms with Crippen molar-refractivity contribution in [2.45, 2.75) is 45.1 Å². The van der Waals surface area contributed by atoms with Crippen molar-refractivity contribution in [1.29, 1.82) is 0 Å². The second kappa shape index (κ2) is 5.26. The van der Waals surface area contributed by atoms with Crippen LogP contribution < -0.4 is 5.73 Å². The van der Waals surface area contributed by atoms with Crippen LogP contribution in [0.25, 0.3) is 0 Å². The molecule has 0 radical (unpaired) electrons. The minimum Gasteiger partial charge on any atom is -0.401 e. The molecule has 3 heteroatoms. The molecule has 0 atom stereocenters. The molecule has 0 amide bonds. The Morgan fingerprint density at radius 3 is 2.80 bits per heavy atom. The van der Waals surface area contributed by atoms with E-state index in [0.29, 0.717) is 0 Å². The van der Waals surface area contributed by atoms with Gasteiger partial charge in [-0.1, -0.05) is 19.8 Å². The molecular formula is C12H22N2S. The predicted octanol–water partition coefficient (Wildman–Crippen LogP) is 2.56. The van der Waals surface area contributed by atoms with Crippen LogP contribution in [0.1, 0.15) is 39.0 Å². The van der Waals surface area contributed by atoms with Gasteiger partial charge in [0, 0.05) is 36.2 Å². The molecule has 0 aromatic rings. The molecule has 86 valence electrons. The van der Waals surface area contributed by atoms with Crippen molar-refractivity contribution >= 4 is 11.8 Å². The Kier molecular flexibility index (Phi) is 3.98. The highest BCUT2D eigenvalue weighted by Gasteiger charge is 2.26. The summed E-state index contributed by atoms with van der Waals surface area (Å²) in [6.45, 7) is 4.51. The van der Waals surface area contributed by atoms with Crippen molar-refractivity contribution in [3.63, 3.8) is 0 Å². The average molecular weight is 226 g/mol. The predicted molar refractivity (Wildman–Crippen MR) is 67.8 cm³/mol. The second-order valence-electron chi connectivity index (χ2n) is 4.54. The lowest BCUT2D eigenvalue weighted by Gasteiger charge is -2.33. The van der Waals surface area contributed by atoms with Crippen LogP contribution in [-0.2, 0) is 0 Å². The van der Waals surface area contributed by atoms with Gasteiger partial charge in [0.2, 0.25) is 0 Å². The van der Waals surface area contributed by atoms with Crippen LogP contribution in [-0.4, -0.2) is 29.8 Å². The van der Waals surface area contributed by atoms with E-state index in [0.717, 1.165) is 30.5 Å². The highest BCUT2D eigenvalue weighted by atomic mass is 32.2. The van der Waals surface area contributed by atoms with E-state index in [-0.39, 0.29) is 0 Å². The van der Waals surface area contributed by atoms with Crippen molar-refractivity contribution in [3.8, 4) is 0 Å². The largest absolute Gasteiger partial charge is 0.401 e. The first kappa shape index (κ1) is 11.3. The Hall–Kier alpha value is -0.150. The van der Waals surface area contributed by atoms with Crippen LogP contribution in [0.5, 0.6) is 0 Å². The number of hydrogen-bond acceptors (Lipinski definition) is 3. The van der Waals surface area contributed by atoms with E-state index in [1.807, 2.05) is 11.8 Å². The molecule has 0 aromatic heterocycles. The molecular weight excluding hydrogens is 204 g/mol. The lowest BCUT2D eigenvalue weighted by Crippen LogP contribution is -2.39. The van der Waals surface area contributed by atoms with E-state index in [2.05, 4.69) is 11.8 Å². The molecule has 2 N–H and O–H groups in total. The summed E-state index contributed by atoms with van der Waals surface area (Å²) in [6.07, 6.45) is 6.75. The Morgan fingerprint density at radius 2 is 2.13 bits per heavy atom. The zero-order valence-electron chi connectivity index (χ0n) is 9.67. The third-order valence-corrected chi connectivity index (χ3v) is 4.56. The monoisotopic (exact) mass is 226 g/mol. The highest BCUT2D eigenvalue weighted by molar-refractivity contribution is 8.03. The number of thioether (sulfide) groups is 1. The van der Waals surface area contributed by atoms with Gasteiger partial charge in [0.25, 0.3) is 0 Å². The quantitative estimate of drug-likeness (QED) is 0.802. The van der Waals surface area contributed by atoms with Gasteiger partial charge < -0.3 is 5.73 Å². The number of rotatable bonds is 3. The van der Waals surface area contributed by atoms with Crippen LogP contribution >= 0.6 is 11.8 Å². The second-order valence-corrected chi connectivity index (χ2v) is 5.90. The summed E-state index contributed by atoms with van der Waals surface area (Å²) in [4.78, 5) is 4.09. The van der Waals surface area contributed by atoms with Crippen LogP contribution in [0.3, 0.4) is 0 Å². The van der Waals surface area contributed by atoms with E-state index < -0.39 is 0 Å². The Morgan fingerprint density at radius 1 is 1.40 bits per heavy atom. The van der Waals surface area contributed by atoms with Crippen molar-refractivity contribution in [1.82, 2.24) is 4.90 Å². The third kappa shape index (κ3) is 2.70. The lowest BCUT2D eigenvalue weighted by atomic mass is 10.1. The van der Waals surface area contributed by atoms with Gasteiger partial charge in [-0.2, -0.15) is 0 Å². The first-order chi connectivity index (χ1) is 7.31. The zero-order chi connectivity index (χ0) is 10.7. The number of nitrogens with two attached hydrogens (primary N) is 1. The molecule has 1 fully saturated rings. The highest BCUT2D eigenvalue weighted by Crippen LogP contribution is 2.30. The first-order valence-electron chi connectivity index (χ1n) is 6.15. The van der Waals surface area contributed by atoms with Gasteiger partial charge in [0.05, 0.1) is 0 Å². The maximum absolute atomic E-state index is 6.06. The molecule has 2 rings (SSSR count). The maximum Gasteiger partial charge on any atom is 0.0313 e. The minimum absolute atomic E-state index is 0.852. The standard InChI is InChI=1S/C12H22N2S/c1-2-15-12-9-14(8-7-11(12)13)10-5-3-4-6-10/h10H,2-9,13H2,1H3. The molecule has 0 aromatic carbocycles. The third-order valence-electron chi connectivity index (χ3n) is 3.53. The molecule has 0 unspecified atom stereocenters. The molecule has 0 spiro atoms. The zero-order valence-corrected chi connectivity index (χ0v) is 10.5. The Balaban J connectivity index is 1.95. The van der Waals surface area contributed by atoms with Crippen molar-refractivity contribution in [3.05, 3.63) is 10.6 Å². The average Bonchev–Trinajstić information content (AvgIpc) is 2.75. The van der Waals surface area contributed by atoms with E-state index in [4.69, 9.17) is 5.73 Å². The van der Waals surface area contributed by atoms with Gasteiger partial charge >= 0.3 is 0 Å². The number of nitrogens with zero attached hydrogens (tertiary/aromatic N) is 1. The summed E-state index contributed by atoms with van der Waals surface area (Å²) in [5.74, 6) is 1.15. The van der Waals surface area contributed by atoms with E-state index in [1.54, 1.807) is 0 Å². The van der Waals surface area contributed by atoms with Gasteiger partial charge in [-0.05, 0) is 18.6 Å². The van der Waals surface area contributed by atoms with Crippen LogP contribution in [0.15, 0.2) is 10.6 Å². The summed E-state index contributed by atoms with van der Waals surface area (Å²) in [7, 11) is 0. The molecule has 1 heterocycles. The summed E-state index contributed by atoms with van der Waals surface area (Å²) in [5.41, 5.74) is 7.21. The van der Waals surface area contributed by atoms with E-state index in [9.17, 15) is 0 Å². The maximum atomic E-state index is 6.06. The molecule has 0 saturated heterocycles. The molecule has 0 bridgehead atoms. The van der Waals surface area contributed by atoms with Gasteiger partial charge in [-0.25, -0.2) is 0 Å². The fourth-order valence-electron chi connectivity index (χ4n) is 2.66. The van der Waals surface area contributed by atoms with Crippen molar-refractivity contribution in [2.75, 3.05) is 18.8 Å². The van der Waals surface area contributed by atoms with Gasteiger partial charge in [0.15, 0.2) is 0 Å². The Labute approximate surface area is 97.3 Å². The van der Waals surface area contributed by atoms with Crippen LogP contribution in [0.4, 0.5) is 0 Å². The summed E-state index contributed by atoms with van der Waals surface area (Å²) >= 11 is 1.94. The summed E-state index contributed by atoms with van der Waals surface area (Å²) < 4.78 is 0.